The Labute approximate surface area is 188 Å². The van der Waals surface area contributed by atoms with Crippen molar-refractivity contribution in [3.8, 4) is 0 Å². The smallest absolute Gasteiger partial charge is 0.0464 e. The van der Waals surface area contributed by atoms with Crippen molar-refractivity contribution in [3.63, 3.8) is 0 Å². The van der Waals surface area contributed by atoms with Gasteiger partial charge in [-0.1, -0.05) is 75.4 Å². The zero-order valence-corrected chi connectivity index (χ0v) is 19.8. The van der Waals surface area contributed by atoms with Crippen LogP contribution in [0, 0.1) is 0 Å². The number of benzene rings is 3. The van der Waals surface area contributed by atoms with Gasteiger partial charge >= 0.3 is 0 Å². The molecule has 156 valence electrons. The molecule has 5 rings (SSSR count). The van der Waals surface area contributed by atoms with E-state index in [1.54, 1.807) is 5.57 Å². The maximum Gasteiger partial charge on any atom is 0.0464 e. The van der Waals surface area contributed by atoms with Crippen molar-refractivity contribution >= 4 is 26.3 Å². The number of fused-ring (bicyclic) bond motifs is 3. The van der Waals surface area contributed by atoms with Gasteiger partial charge < -0.3 is 4.90 Å². The van der Waals surface area contributed by atoms with Gasteiger partial charge in [0, 0.05) is 27.9 Å². The number of hydrogen-bond acceptors (Lipinski definition) is 1. The third-order valence-electron chi connectivity index (χ3n) is 7.16. The molecule has 2 unspecified atom stereocenters. The van der Waals surface area contributed by atoms with E-state index in [9.17, 15) is 0 Å². The molecule has 0 amide bonds. The first-order valence-electron chi connectivity index (χ1n) is 11.1. The first kappa shape index (κ1) is 20.3. The lowest BCUT2D eigenvalue weighted by molar-refractivity contribution is 0.509. The zero-order chi connectivity index (χ0) is 21.6. The van der Waals surface area contributed by atoms with Crippen LogP contribution in [0.3, 0.4) is 0 Å². The van der Waals surface area contributed by atoms with Gasteiger partial charge in [-0.3, -0.25) is 0 Å². The predicted octanol–water partition coefficient (Wildman–Crippen LogP) is 7.84. The summed E-state index contributed by atoms with van der Waals surface area (Å²) in [6.45, 7) is 7.22. The molecule has 0 aromatic heterocycles. The minimum atomic E-state index is 0.0124. The topological polar surface area (TPSA) is 3.24 Å². The lowest BCUT2D eigenvalue weighted by atomic mass is 9.69. The van der Waals surface area contributed by atoms with Crippen molar-refractivity contribution in [1.82, 2.24) is 0 Å². The Kier molecular flexibility index (Phi) is 4.91. The Morgan fingerprint density at radius 1 is 0.774 bits per heavy atom. The molecule has 0 radical (unpaired) electrons. The van der Waals surface area contributed by atoms with Crippen molar-refractivity contribution in [1.29, 1.82) is 0 Å². The van der Waals surface area contributed by atoms with Crippen LogP contribution in [0.5, 0.6) is 0 Å². The second-order valence-electron chi connectivity index (χ2n) is 9.44. The van der Waals surface area contributed by atoms with E-state index in [2.05, 4.69) is 126 Å². The van der Waals surface area contributed by atoms with Gasteiger partial charge in [-0.15, -0.1) is 9.24 Å². The SMILES string of the molecule is CC1(C)C2=CC(CP)=CCC2(C)c2ccc(N(c3ccccc3)c3ccccc3)cc21. The highest BCUT2D eigenvalue weighted by Gasteiger charge is 2.49. The lowest BCUT2D eigenvalue weighted by Gasteiger charge is -2.34. The lowest BCUT2D eigenvalue weighted by Crippen LogP contribution is -2.28. The molecule has 0 aliphatic heterocycles. The molecule has 0 fully saturated rings. The summed E-state index contributed by atoms with van der Waals surface area (Å²) in [7, 11) is 2.88. The fraction of sp³-hybridized carbons (Fsp3) is 0.241. The molecule has 0 heterocycles. The first-order chi connectivity index (χ1) is 14.9. The van der Waals surface area contributed by atoms with Crippen LogP contribution in [0.1, 0.15) is 38.3 Å². The third-order valence-corrected chi connectivity index (χ3v) is 7.64. The maximum atomic E-state index is 2.88. The average Bonchev–Trinajstić information content (AvgIpc) is 2.97. The Morgan fingerprint density at radius 3 is 1.97 bits per heavy atom. The van der Waals surface area contributed by atoms with Gasteiger partial charge in [-0.05, 0) is 71.3 Å². The number of anilines is 3. The summed E-state index contributed by atoms with van der Waals surface area (Å²) < 4.78 is 0. The van der Waals surface area contributed by atoms with Gasteiger partial charge in [0.1, 0.15) is 0 Å². The van der Waals surface area contributed by atoms with Crippen LogP contribution >= 0.6 is 9.24 Å². The van der Waals surface area contributed by atoms with E-state index in [1.165, 1.54) is 33.8 Å². The number of rotatable bonds is 4. The van der Waals surface area contributed by atoms with Crippen LogP contribution in [0.15, 0.2) is 102 Å². The summed E-state index contributed by atoms with van der Waals surface area (Å²) in [5, 5.41) is 0. The summed E-state index contributed by atoms with van der Waals surface area (Å²) in [5.74, 6) is 0. The number of para-hydroxylation sites is 2. The highest BCUT2D eigenvalue weighted by atomic mass is 31.0. The zero-order valence-electron chi connectivity index (χ0n) is 18.6. The van der Waals surface area contributed by atoms with Crippen molar-refractivity contribution in [2.75, 3.05) is 11.1 Å². The maximum absolute atomic E-state index is 2.88. The van der Waals surface area contributed by atoms with E-state index in [1.807, 2.05) is 0 Å². The average molecular weight is 424 g/mol. The van der Waals surface area contributed by atoms with Gasteiger partial charge in [-0.2, -0.15) is 0 Å². The van der Waals surface area contributed by atoms with E-state index < -0.39 is 0 Å². The highest BCUT2D eigenvalue weighted by Crippen LogP contribution is 2.58. The highest BCUT2D eigenvalue weighted by molar-refractivity contribution is 7.16. The van der Waals surface area contributed by atoms with Crippen LogP contribution in [-0.2, 0) is 10.8 Å². The molecular weight excluding hydrogens is 393 g/mol. The number of allylic oxidation sites excluding steroid dienone is 4. The van der Waals surface area contributed by atoms with Crippen molar-refractivity contribution in [2.24, 2.45) is 0 Å². The monoisotopic (exact) mass is 423 g/mol. The van der Waals surface area contributed by atoms with E-state index >= 15 is 0 Å². The van der Waals surface area contributed by atoms with Gasteiger partial charge in [0.25, 0.3) is 0 Å². The molecule has 2 aliphatic carbocycles. The molecule has 3 aromatic carbocycles. The summed E-state index contributed by atoms with van der Waals surface area (Å²) in [4.78, 5) is 2.36. The van der Waals surface area contributed by atoms with Crippen molar-refractivity contribution < 1.29 is 0 Å². The quantitative estimate of drug-likeness (QED) is 0.386. The molecule has 2 heteroatoms. The molecule has 0 saturated heterocycles. The second-order valence-corrected chi connectivity index (χ2v) is 9.85. The molecule has 2 aliphatic rings. The third kappa shape index (κ3) is 3.19. The van der Waals surface area contributed by atoms with Gasteiger partial charge in [-0.25, -0.2) is 0 Å². The van der Waals surface area contributed by atoms with E-state index in [-0.39, 0.29) is 10.8 Å². The minimum absolute atomic E-state index is 0.0124. The Hall–Kier alpha value is -2.63. The number of hydrogen-bond donors (Lipinski definition) is 0. The largest absolute Gasteiger partial charge is 0.310 e. The van der Waals surface area contributed by atoms with Crippen molar-refractivity contribution in [3.05, 3.63) is 113 Å². The fourth-order valence-corrected chi connectivity index (χ4v) is 5.82. The van der Waals surface area contributed by atoms with Crippen LogP contribution in [0.25, 0.3) is 0 Å². The Balaban J connectivity index is 1.68. The summed E-state index contributed by atoms with van der Waals surface area (Å²) in [6.07, 6.45) is 6.99. The van der Waals surface area contributed by atoms with Crippen LogP contribution < -0.4 is 4.90 Å². The Bertz CT molecular complexity index is 1130. The molecule has 0 spiro atoms. The van der Waals surface area contributed by atoms with Gasteiger partial charge in [0.05, 0.1) is 0 Å². The molecule has 0 saturated carbocycles. The Morgan fingerprint density at radius 2 is 1.39 bits per heavy atom. The van der Waals surface area contributed by atoms with Crippen LogP contribution in [-0.4, -0.2) is 6.16 Å². The van der Waals surface area contributed by atoms with E-state index in [0.717, 1.165) is 12.6 Å². The van der Waals surface area contributed by atoms with Crippen LogP contribution in [0.4, 0.5) is 17.1 Å². The molecule has 2 atom stereocenters. The molecule has 1 nitrogen and oxygen atoms in total. The predicted molar refractivity (Wildman–Crippen MR) is 137 cm³/mol. The van der Waals surface area contributed by atoms with Crippen LogP contribution in [0.2, 0.25) is 0 Å². The molecule has 31 heavy (non-hydrogen) atoms. The van der Waals surface area contributed by atoms with Crippen molar-refractivity contribution in [2.45, 2.75) is 38.0 Å². The standard InChI is InChI=1S/C29H30NP/c1-28(2)26-19-24(14-15-25(26)29(3)17-16-21(20-31)18-27(28)29)30(22-10-6-4-7-11-22)23-12-8-5-9-13-23/h4-16,18-19H,17,20,31H2,1-3H3. The second kappa shape index (κ2) is 7.50. The summed E-state index contributed by atoms with van der Waals surface area (Å²) in [5.41, 5.74) is 9.60. The number of nitrogens with zero attached hydrogens (tertiary/aromatic N) is 1. The summed E-state index contributed by atoms with van der Waals surface area (Å²) >= 11 is 0. The molecule has 0 bridgehead atoms. The van der Waals surface area contributed by atoms with E-state index in [0.29, 0.717) is 0 Å². The molecule has 0 N–H and O–H groups in total. The van der Waals surface area contributed by atoms with Gasteiger partial charge in [0.2, 0.25) is 0 Å². The normalized spacial score (nSPS) is 21.0. The van der Waals surface area contributed by atoms with Gasteiger partial charge in [0.15, 0.2) is 0 Å². The molecular formula is C29H30NP. The summed E-state index contributed by atoms with van der Waals surface area (Å²) in [6, 6.07) is 28.4. The fourth-order valence-electron chi connectivity index (χ4n) is 5.53. The van der Waals surface area contributed by atoms with E-state index in [4.69, 9.17) is 0 Å². The minimum Gasteiger partial charge on any atom is -0.310 e. The first-order valence-corrected chi connectivity index (χ1v) is 11.9. The molecule has 3 aromatic rings.